The first-order valence-corrected chi connectivity index (χ1v) is 9.19. The Kier molecular flexibility index (Phi) is 4.91. The van der Waals surface area contributed by atoms with Crippen molar-refractivity contribution in [3.05, 3.63) is 72.1 Å². The number of likely N-dealkylation sites (tertiary alicyclic amines) is 1. The van der Waals surface area contributed by atoms with Crippen molar-refractivity contribution in [2.75, 3.05) is 13.1 Å². The molecule has 138 valence electrons. The maximum Gasteiger partial charge on any atom is 0.257 e. The Morgan fingerprint density at radius 2 is 2.15 bits per heavy atom. The van der Waals surface area contributed by atoms with E-state index in [4.69, 9.17) is 0 Å². The average Bonchev–Trinajstić information content (AvgIpc) is 3.17. The number of carbonyl (C=O) groups is 1. The van der Waals surface area contributed by atoms with Crippen molar-refractivity contribution in [1.82, 2.24) is 29.4 Å². The monoisotopic (exact) mass is 362 g/mol. The lowest BCUT2D eigenvalue weighted by Crippen LogP contribution is -2.40. The van der Waals surface area contributed by atoms with Crippen LogP contribution in [0.25, 0.3) is 0 Å². The maximum absolute atomic E-state index is 12.9. The summed E-state index contributed by atoms with van der Waals surface area (Å²) in [5.74, 6) is 1.23. The zero-order valence-electron chi connectivity index (χ0n) is 15.3. The van der Waals surface area contributed by atoms with Crippen LogP contribution in [-0.4, -0.2) is 48.4 Å². The SMILES string of the molecule is Cc1ncncc1C(=O)N1CCC[C@@H](c2nccn2Cc2ccccn2)C1. The van der Waals surface area contributed by atoms with Crippen LogP contribution in [0.1, 0.15) is 46.3 Å². The molecule has 1 saturated heterocycles. The van der Waals surface area contributed by atoms with E-state index in [2.05, 4.69) is 24.5 Å². The minimum Gasteiger partial charge on any atom is -0.338 e. The van der Waals surface area contributed by atoms with E-state index in [1.165, 1.54) is 6.33 Å². The fourth-order valence-corrected chi connectivity index (χ4v) is 3.62. The highest BCUT2D eigenvalue weighted by Gasteiger charge is 2.29. The van der Waals surface area contributed by atoms with Crippen LogP contribution >= 0.6 is 0 Å². The molecule has 1 aliphatic rings. The van der Waals surface area contributed by atoms with Crippen molar-refractivity contribution in [2.45, 2.75) is 32.2 Å². The molecule has 27 heavy (non-hydrogen) atoms. The van der Waals surface area contributed by atoms with E-state index in [1.807, 2.05) is 42.4 Å². The van der Waals surface area contributed by atoms with E-state index in [9.17, 15) is 4.79 Å². The Labute approximate surface area is 158 Å². The minimum atomic E-state index is 0.000585. The van der Waals surface area contributed by atoms with Gasteiger partial charge in [0.05, 0.1) is 23.5 Å². The summed E-state index contributed by atoms with van der Waals surface area (Å²) >= 11 is 0. The Bertz CT molecular complexity index is 923. The van der Waals surface area contributed by atoms with Gasteiger partial charge in [-0.2, -0.15) is 0 Å². The standard InChI is InChI=1S/C20H22N6O/c1-15-18(11-21-14-24-15)20(27)26-9-4-5-16(12-26)19-23-8-10-25(19)13-17-6-2-3-7-22-17/h2-3,6-8,10-11,14,16H,4-5,9,12-13H2,1H3/t16-/m1/s1. The molecule has 0 radical (unpaired) electrons. The number of amides is 1. The smallest absolute Gasteiger partial charge is 0.257 e. The number of carbonyl (C=O) groups excluding carboxylic acids is 1. The van der Waals surface area contributed by atoms with Crippen molar-refractivity contribution in [3.63, 3.8) is 0 Å². The van der Waals surface area contributed by atoms with Crippen LogP contribution in [0.5, 0.6) is 0 Å². The summed E-state index contributed by atoms with van der Waals surface area (Å²) in [6.45, 7) is 3.94. The van der Waals surface area contributed by atoms with E-state index in [-0.39, 0.29) is 11.8 Å². The summed E-state index contributed by atoms with van der Waals surface area (Å²) in [5, 5.41) is 0. The van der Waals surface area contributed by atoms with Crippen molar-refractivity contribution in [2.24, 2.45) is 0 Å². The predicted octanol–water partition coefficient (Wildman–Crippen LogP) is 2.44. The van der Waals surface area contributed by atoms with Gasteiger partial charge in [0.2, 0.25) is 0 Å². The fraction of sp³-hybridized carbons (Fsp3) is 0.350. The van der Waals surface area contributed by atoms with Gasteiger partial charge in [0, 0.05) is 43.8 Å². The van der Waals surface area contributed by atoms with E-state index in [0.29, 0.717) is 24.3 Å². The highest BCUT2D eigenvalue weighted by atomic mass is 16.2. The molecule has 4 heterocycles. The Hall–Kier alpha value is -3.09. The topological polar surface area (TPSA) is 76.8 Å². The third kappa shape index (κ3) is 3.72. The molecule has 3 aromatic heterocycles. The summed E-state index contributed by atoms with van der Waals surface area (Å²) < 4.78 is 2.14. The molecule has 1 aliphatic heterocycles. The van der Waals surface area contributed by atoms with Gasteiger partial charge in [0.1, 0.15) is 12.2 Å². The summed E-state index contributed by atoms with van der Waals surface area (Å²) in [7, 11) is 0. The maximum atomic E-state index is 12.9. The van der Waals surface area contributed by atoms with Crippen LogP contribution < -0.4 is 0 Å². The molecule has 1 atom stereocenters. The summed E-state index contributed by atoms with van der Waals surface area (Å²) in [6.07, 6.45) is 10.7. The highest BCUT2D eigenvalue weighted by Crippen LogP contribution is 2.27. The van der Waals surface area contributed by atoms with Gasteiger partial charge >= 0.3 is 0 Å². The molecule has 3 aromatic rings. The number of piperidine rings is 1. The number of pyridine rings is 1. The van der Waals surface area contributed by atoms with Crippen molar-refractivity contribution >= 4 is 5.91 Å². The molecule has 0 aliphatic carbocycles. The minimum absolute atomic E-state index is 0.000585. The molecule has 4 rings (SSSR count). The van der Waals surface area contributed by atoms with Crippen molar-refractivity contribution in [1.29, 1.82) is 0 Å². The van der Waals surface area contributed by atoms with Crippen molar-refractivity contribution < 1.29 is 4.79 Å². The van der Waals surface area contributed by atoms with Gasteiger partial charge in [0.25, 0.3) is 5.91 Å². The van der Waals surface area contributed by atoms with E-state index < -0.39 is 0 Å². The molecule has 7 heteroatoms. The van der Waals surface area contributed by atoms with Gasteiger partial charge < -0.3 is 9.47 Å². The van der Waals surface area contributed by atoms with Crippen LogP contribution in [0.2, 0.25) is 0 Å². The lowest BCUT2D eigenvalue weighted by Gasteiger charge is -2.33. The number of nitrogens with zero attached hydrogens (tertiary/aromatic N) is 6. The Balaban J connectivity index is 1.52. The number of hydrogen-bond donors (Lipinski definition) is 0. The molecule has 0 bridgehead atoms. The van der Waals surface area contributed by atoms with Gasteiger partial charge in [-0.25, -0.2) is 15.0 Å². The lowest BCUT2D eigenvalue weighted by atomic mass is 9.96. The van der Waals surface area contributed by atoms with Crippen LogP contribution in [0.15, 0.2) is 49.3 Å². The summed E-state index contributed by atoms with van der Waals surface area (Å²) in [4.78, 5) is 32.0. The second-order valence-corrected chi connectivity index (χ2v) is 6.85. The molecule has 0 aromatic carbocycles. The average molecular weight is 362 g/mol. The molecule has 1 fully saturated rings. The number of hydrogen-bond acceptors (Lipinski definition) is 5. The Morgan fingerprint density at radius 3 is 2.96 bits per heavy atom. The van der Waals surface area contributed by atoms with Gasteiger partial charge in [-0.1, -0.05) is 6.07 Å². The van der Waals surface area contributed by atoms with Gasteiger partial charge in [0.15, 0.2) is 0 Å². The van der Waals surface area contributed by atoms with E-state index in [0.717, 1.165) is 30.9 Å². The van der Waals surface area contributed by atoms with E-state index in [1.54, 1.807) is 12.4 Å². The number of rotatable bonds is 4. The molecular formula is C20H22N6O. The second-order valence-electron chi connectivity index (χ2n) is 6.85. The number of aryl methyl sites for hydroxylation is 1. The first-order chi connectivity index (χ1) is 13.2. The molecule has 0 spiro atoms. The van der Waals surface area contributed by atoms with Gasteiger partial charge in [-0.05, 0) is 31.9 Å². The summed E-state index contributed by atoms with van der Waals surface area (Å²) in [6, 6.07) is 5.92. The third-order valence-electron chi connectivity index (χ3n) is 5.02. The molecule has 1 amide bonds. The predicted molar refractivity (Wildman–Crippen MR) is 100 cm³/mol. The van der Waals surface area contributed by atoms with Gasteiger partial charge in [-0.3, -0.25) is 9.78 Å². The van der Waals surface area contributed by atoms with Crippen LogP contribution in [0.3, 0.4) is 0 Å². The van der Waals surface area contributed by atoms with Gasteiger partial charge in [-0.15, -0.1) is 0 Å². The first kappa shape index (κ1) is 17.3. The third-order valence-corrected chi connectivity index (χ3v) is 5.02. The largest absolute Gasteiger partial charge is 0.338 e. The Morgan fingerprint density at radius 1 is 1.22 bits per heavy atom. The zero-order valence-corrected chi connectivity index (χ0v) is 15.3. The number of aromatic nitrogens is 5. The molecular weight excluding hydrogens is 340 g/mol. The normalized spacial score (nSPS) is 17.1. The first-order valence-electron chi connectivity index (χ1n) is 9.19. The van der Waals surface area contributed by atoms with Crippen molar-refractivity contribution in [3.8, 4) is 0 Å². The zero-order chi connectivity index (χ0) is 18.6. The van der Waals surface area contributed by atoms with E-state index >= 15 is 0 Å². The second kappa shape index (κ2) is 7.65. The highest BCUT2D eigenvalue weighted by molar-refractivity contribution is 5.95. The fourth-order valence-electron chi connectivity index (χ4n) is 3.62. The number of imidazole rings is 1. The van der Waals surface area contributed by atoms with Crippen LogP contribution in [0.4, 0.5) is 0 Å². The summed E-state index contributed by atoms with van der Waals surface area (Å²) in [5.41, 5.74) is 2.29. The molecule has 7 nitrogen and oxygen atoms in total. The van der Waals surface area contributed by atoms with Crippen LogP contribution in [-0.2, 0) is 6.54 Å². The van der Waals surface area contributed by atoms with Crippen LogP contribution in [0, 0.1) is 6.92 Å². The lowest BCUT2D eigenvalue weighted by molar-refractivity contribution is 0.0701. The molecule has 0 N–H and O–H groups in total. The molecule has 0 saturated carbocycles. The molecule has 0 unspecified atom stereocenters. The quantitative estimate of drug-likeness (QED) is 0.712.